The van der Waals surface area contributed by atoms with Crippen LogP contribution in [-0.4, -0.2) is 11.7 Å². The van der Waals surface area contributed by atoms with Gasteiger partial charge in [0.25, 0.3) is 0 Å². The van der Waals surface area contributed by atoms with Crippen LogP contribution >= 0.6 is 0 Å². The summed E-state index contributed by atoms with van der Waals surface area (Å²) in [5, 5.41) is 8.56. The molecule has 0 spiro atoms. The van der Waals surface area contributed by atoms with E-state index in [4.69, 9.17) is 5.11 Å². The zero-order chi connectivity index (χ0) is 8.10. The molecule has 0 unspecified atom stereocenters. The van der Waals surface area contributed by atoms with E-state index >= 15 is 0 Å². The van der Waals surface area contributed by atoms with E-state index < -0.39 is 0 Å². The fraction of sp³-hybridized carbons (Fsp3) is 0.800. The minimum absolute atomic E-state index is 0.200. The van der Waals surface area contributed by atoms with Crippen LogP contribution in [0.4, 0.5) is 0 Å². The highest BCUT2D eigenvalue weighted by Crippen LogP contribution is 2.28. The smallest absolute Gasteiger partial charge is 0.0612 e. The number of hydrogen-bond donors (Lipinski definition) is 1. The van der Waals surface area contributed by atoms with E-state index in [9.17, 15) is 0 Å². The largest absolute Gasteiger partial charge is 0.392 e. The molecule has 0 aromatic heterocycles. The van der Waals surface area contributed by atoms with Crippen LogP contribution in [0, 0.1) is 11.8 Å². The molecule has 11 heavy (non-hydrogen) atoms. The van der Waals surface area contributed by atoms with Gasteiger partial charge < -0.3 is 5.11 Å². The molecule has 1 nitrogen and oxygen atoms in total. The third-order valence-electron chi connectivity index (χ3n) is 2.57. The third-order valence-corrected chi connectivity index (χ3v) is 2.57. The van der Waals surface area contributed by atoms with Crippen LogP contribution < -0.4 is 0 Å². The maximum absolute atomic E-state index is 8.56. The molecule has 0 atom stereocenters. The number of aliphatic hydroxyl groups excluding tert-OH is 1. The molecule has 64 valence electrons. The van der Waals surface area contributed by atoms with Gasteiger partial charge in [-0.05, 0) is 24.7 Å². The predicted molar refractivity (Wildman–Crippen MR) is 47.3 cm³/mol. The lowest BCUT2D eigenvalue weighted by Gasteiger charge is -2.23. The Morgan fingerprint density at radius 1 is 1.27 bits per heavy atom. The minimum atomic E-state index is 0.200. The van der Waals surface area contributed by atoms with Gasteiger partial charge in [0.05, 0.1) is 6.61 Å². The highest BCUT2D eigenvalue weighted by Gasteiger charge is 2.15. The van der Waals surface area contributed by atoms with E-state index in [1.165, 1.54) is 25.7 Å². The first-order chi connectivity index (χ1) is 5.33. The molecule has 1 fully saturated rings. The summed E-state index contributed by atoms with van der Waals surface area (Å²) in [5.41, 5.74) is 0. The number of rotatable bonds is 2. The summed E-state index contributed by atoms with van der Waals surface area (Å²) in [6.45, 7) is 2.53. The van der Waals surface area contributed by atoms with Gasteiger partial charge >= 0.3 is 0 Å². The molecule has 1 aliphatic rings. The standard InChI is InChI=1S/C10H18O/c1-9-4-6-10(7-5-9)3-2-8-11/h2-3,9-11H,4-8H2,1H3. The van der Waals surface area contributed by atoms with E-state index in [-0.39, 0.29) is 6.61 Å². The lowest BCUT2D eigenvalue weighted by Crippen LogP contribution is -2.10. The predicted octanol–water partition coefficient (Wildman–Crippen LogP) is 2.36. The minimum Gasteiger partial charge on any atom is -0.392 e. The second-order valence-corrected chi connectivity index (χ2v) is 3.63. The summed E-state index contributed by atoms with van der Waals surface area (Å²) in [4.78, 5) is 0. The van der Waals surface area contributed by atoms with Crippen molar-refractivity contribution in [2.45, 2.75) is 32.6 Å². The zero-order valence-corrected chi connectivity index (χ0v) is 7.29. The third kappa shape index (κ3) is 3.06. The zero-order valence-electron chi connectivity index (χ0n) is 7.29. The Kier molecular flexibility index (Phi) is 3.64. The Balaban J connectivity index is 2.22. The summed E-state index contributed by atoms with van der Waals surface area (Å²) in [6.07, 6.45) is 9.41. The van der Waals surface area contributed by atoms with Crippen LogP contribution in [0.5, 0.6) is 0 Å². The maximum Gasteiger partial charge on any atom is 0.0612 e. The van der Waals surface area contributed by atoms with Crippen LogP contribution in [0.3, 0.4) is 0 Å². The van der Waals surface area contributed by atoms with Crippen LogP contribution in [0.15, 0.2) is 12.2 Å². The Bertz CT molecular complexity index is 121. The van der Waals surface area contributed by atoms with Crippen molar-refractivity contribution in [1.82, 2.24) is 0 Å². The normalized spacial score (nSPS) is 32.9. The summed E-state index contributed by atoms with van der Waals surface area (Å²) >= 11 is 0. The molecule has 0 radical (unpaired) electrons. The van der Waals surface area contributed by atoms with E-state index in [2.05, 4.69) is 13.0 Å². The van der Waals surface area contributed by atoms with Gasteiger partial charge in [-0.2, -0.15) is 0 Å². The molecule has 0 aromatic rings. The molecule has 0 aromatic carbocycles. The molecule has 0 heterocycles. The quantitative estimate of drug-likeness (QED) is 0.605. The molecule has 1 aliphatic carbocycles. The Morgan fingerprint density at radius 3 is 2.45 bits per heavy atom. The molecule has 1 heteroatoms. The van der Waals surface area contributed by atoms with Gasteiger partial charge in [0.15, 0.2) is 0 Å². The number of aliphatic hydroxyl groups is 1. The van der Waals surface area contributed by atoms with Crippen LogP contribution in [0.2, 0.25) is 0 Å². The average molecular weight is 154 g/mol. The number of allylic oxidation sites excluding steroid dienone is 1. The van der Waals surface area contributed by atoms with E-state index in [0.29, 0.717) is 0 Å². The van der Waals surface area contributed by atoms with Crippen molar-refractivity contribution in [3.63, 3.8) is 0 Å². The van der Waals surface area contributed by atoms with Crippen molar-refractivity contribution in [2.75, 3.05) is 6.61 Å². The second kappa shape index (κ2) is 4.55. The van der Waals surface area contributed by atoms with Crippen molar-refractivity contribution in [2.24, 2.45) is 11.8 Å². The SMILES string of the molecule is CC1CCC(C=CCO)CC1. The van der Waals surface area contributed by atoms with Crippen molar-refractivity contribution in [3.05, 3.63) is 12.2 Å². The van der Waals surface area contributed by atoms with E-state index in [0.717, 1.165) is 11.8 Å². The molecule has 1 saturated carbocycles. The molecule has 1 N–H and O–H groups in total. The average Bonchev–Trinajstić information content (AvgIpc) is 2.04. The van der Waals surface area contributed by atoms with Gasteiger partial charge in [-0.15, -0.1) is 0 Å². The summed E-state index contributed by atoms with van der Waals surface area (Å²) in [5.74, 6) is 1.67. The van der Waals surface area contributed by atoms with Gasteiger partial charge in [-0.1, -0.05) is 31.9 Å². The van der Waals surface area contributed by atoms with Crippen LogP contribution in [0.25, 0.3) is 0 Å². The Hall–Kier alpha value is -0.300. The lowest BCUT2D eigenvalue weighted by molar-refractivity contribution is 0.322. The molecule has 1 rings (SSSR count). The first-order valence-electron chi connectivity index (χ1n) is 4.60. The monoisotopic (exact) mass is 154 g/mol. The molecule has 0 amide bonds. The summed E-state index contributed by atoms with van der Waals surface area (Å²) in [7, 11) is 0. The van der Waals surface area contributed by atoms with Crippen molar-refractivity contribution in [3.8, 4) is 0 Å². The van der Waals surface area contributed by atoms with Crippen molar-refractivity contribution < 1.29 is 5.11 Å². The Morgan fingerprint density at radius 2 is 1.91 bits per heavy atom. The molecule has 0 bridgehead atoms. The fourth-order valence-corrected chi connectivity index (χ4v) is 1.73. The Labute approximate surface area is 69.1 Å². The second-order valence-electron chi connectivity index (χ2n) is 3.63. The molecule has 0 saturated heterocycles. The lowest BCUT2D eigenvalue weighted by atomic mass is 9.83. The number of hydrogen-bond acceptors (Lipinski definition) is 1. The summed E-state index contributed by atoms with van der Waals surface area (Å²) in [6, 6.07) is 0. The summed E-state index contributed by atoms with van der Waals surface area (Å²) < 4.78 is 0. The van der Waals surface area contributed by atoms with E-state index in [1.54, 1.807) is 0 Å². The van der Waals surface area contributed by atoms with Gasteiger partial charge in [0.2, 0.25) is 0 Å². The van der Waals surface area contributed by atoms with Gasteiger partial charge in [0, 0.05) is 0 Å². The fourth-order valence-electron chi connectivity index (χ4n) is 1.73. The van der Waals surface area contributed by atoms with Gasteiger partial charge in [0.1, 0.15) is 0 Å². The van der Waals surface area contributed by atoms with Crippen molar-refractivity contribution >= 4 is 0 Å². The van der Waals surface area contributed by atoms with Gasteiger partial charge in [-0.25, -0.2) is 0 Å². The first-order valence-corrected chi connectivity index (χ1v) is 4.60. The maximum atomic E-state index is 8.56. The van der Waals surface area contributed by atoms with E-state index in [1.807, 2.05) is 6.08 Å². The molecular formula is C10H18O. The van der Waals surface area contributed by atoms with Crippen molar-refractivity contribution in [1.29, 1.82) is 0 Å². The van der Waals surface area contributed by atoms with Crippen LogP contribution in [0.1, 0.15) is 32.6 Å². The van der Waals surface area contributed by atoms with Gasteiger partial charge in [-0.3, -0.25) is 0 Å². The first kappa shape index (κ1) is 8.79. The topological polar surface area (TPSA) is 20.2 Å². The highest BCUT2D eigenvalue weighted by atomic mass is 16.2. The molecular weight excluding hydrogens is 136 g/mol. The van der Waals surface area contributed by atoms with Crippen LogP contribution in [-0.2, 0) is 0 Å². The molecule has 0 aliphatic heterocycles. The highest BCUT2D eigenvalue weighted by molar-refractivity contribution is 4.90.